The minimum atomic E-state index is 0.122. The van der Waals surface area contributed by atoms with E-state index in [1.165, 1.54) is 25.7 Å². The highest BCUT2D eigenvalue weighted by molar-refractivity contribution is 5.78. The maximum atomic E-state index is 12.7. The quantitative estimate of drug-likeness (QED) is 0.812. The van der Waals surface area contributed by atoms with Crippen molar-refractivity contribution in [3.05, 3.63) is 17.5 Å². The van der Waals surface area contributed by atoms with Crippen molar-refractivity contribution in [3.8, 4) is 0 Å². The normalized spacial score (nSPS) is 23.5. The molecule has 1 aromatic heterocycles. The highest BCUT2D eigenvalue weighted by Gasteiger charge is 2.29. The van der Waals surface area contributed by atoms with Crippen molar-refractivity contribution in [2.75, 3.05) is 19.6 Å². The lowest BCUT2D eigenvalue weighted by molar-refractivity contribution is -0.131. The third-order valence-electron chi connectivity index (χ3n) is 5.77. The molecule has 0 spiro atoms. The van der Waals surface area contributed by atoms with Crippen LogP contribution in [0.1, 0.15) is 68.7 Å². The predicted octanol–water partition coefficient (Wildman–Crippen LogP) is 2.64. The highest BCUT2D eigenvalue weighted by Crippen LogP contribution is 2.40. The number of rotatable bonds is 7. The second kappa shape index (κ2) is 7.80. The number of hydrogen-bond donors (Lipinski definition) is 1. The minimum Gasteiger partial charge on any atom is -0.361 e. The van der Waals surface area contributed by atoms with Gasteiger partial charge in [-0.3, -0.25) is 9.59 Å². The Labute approximate surface area is 154 Å². The van der Waals surface area contributed by atoms with Gasteiger partial charge in [-0.25, -0.2) is 0 Å². The van der Waals surface area contributed by atoms with Gasteiger partial charge >= 0.3 is 0 Å². The number of aromatic nitrogens is 1. The van der Waals surface area contributed by atoms with Crippen LogP contribution in [-0.2, 0) is 16.0 Å². The molecule has 2 aliphatic carbocycles. The molecule has 1 N–H and O–H groups in total. The Morgan fingerprint density at radius 3 is 2.77 bits per heavy atom. The summed E-state index contributed by atoms with van der Waals surface area (Å²) in [6, 6.07) is 1.95. The van der Waals surface area contributed by atoms with Gasteiger partial charge in [0, 0.05) is 38.0 Å². The SMILES string of the molecule is O=C(CC1CC1)NCC1CCCCN(C(=O)Cc2cc(C3CC3)on2)C1. The fourth-order valence-corrected chi connectivity index (χ4v) is 3.78. The van der Waals surface area contributed by atoms with Gasteiger partial charge in [-0.2, -0.15) is 0 Å². The van der Waals surface area contributed by atoms with Crippen LogP contribution in [0.2, 0.25) is 0 Å². The molecule has 1 saturated heterocycles. The monoisotopic (exact) mass is 359 g/mol. The van der Waals surface area contributed by atoms with E-state index in [-0.39, 0.29) is 11.8 Å². The molecule has 0 bridgehead atoms. The van der Waals surface area contributed by atoms with Gasteiger partial charge in [0.05, 0.1) is 12.1 Å². The summed E-state index contributed by atoms with van der Waals surface area (Å²) in [4.78, 5) is 26.6. The number of hydrogen-bond acceptors (Lipinski definition) is 4. The van der Waals surface area contributed by atoms with Crippen molar-refractivity contribution in [1.82, 2.24) is 15.4 Å². The third-order valence-corrected chi connectivity index (χ3v) is 5.77. The standard InChI is InChI=1S/C20H29N3O3/c24-19(9-14-4-5-14)21-12-15-3-1-2-8-23(13-15)20(25)11-17-10-18(26-22-17)16-6-7-16/h10,14-16H,1-9,11-13H2,(H,21,24). The molecule has 6 nitrogen and oxygen atoms in total. The Kier molecular flexibility index (Phi) is 5.27. The first kappa shape index (κ1) is 17.6. The Morgan fingerprint density at radius 2 is 2.00 bits per heavy atom. The van der Waals surface area contributed by atoms with Gasteiger partial charge in [0.15, 0.2) is 0 Å². The number of carbonyl (C=O) groups is 2. The summed E-state index contributed by atoms with van der Waals surface area (Å²) in [5.74, 6) is 2.71. The van der Waals surface area contributed by atoms with E-state index in [4.69, 9.17) is 4.52 Å². The summed E-state index contributed by atoms with van der Waals surface area (Å²) >= 11 is 0. The molecule has 3 aliphatic rings. The topological polar surface area (TPSA) is 75.4 Å². The first-order valence-electron chi connectivity index (χ1n) is 10.2. The molecule has 0 radical (unpaired) electrons. The van der Waals surface area contributed by atoms with Crippen molar-refractivity contribution < 1.29 is 14.1 Å². The van der Waals surface area contributed by atoms with Crippen LogP contribution in [0.15, 0.2) is 10.6 Å². The van der Waals surface area contributed by atoms with Gasteiger partial charge in [-0.05, 0) is 50.4 Å². The van der Waals surface area contributed by atoms with E-state index in [9.17, 15) is 9.59 Å². The maximum absolute atomic E-state index is 12.7. The largest absolute Gasteiger partial charge is 0.361 e. The average molecular weight is 359 g/mol. The number of nitrogens with zero attached hydrogens (tertiary/aromatic N) is 2. The van der Waals surface area contributed by atoms with Gasteiger partial charge < -0.3 is 14.7 Å². The van der Waals surface area contributed by atoms with Crippen LogP contribution in [0.4, 0.5) is 0 Å². The fourth-order valence-electron chi connectivity index (χ4n) is 3.78. The van der Waals surface area contributed by atoms with Gasteiger partial charge in [0.2, 0.25) is 11.8 Å². The molecule has 1 atom stereocenters. The van der Waals surface area contributed by atoms with E-state index in [1.54, 1.807) is 0 Å². The summed E-state index contributed by atoms with van der Waals surface area (Å²) < 4.78 is 5.36. The zero-order chi connectivity index (χ0) is 17.9. The lowest BCUT2D eigenvalue weighted by Crippen LogP contribution is -2.39. The Balaban J connectivity index is 1.26. The van der Waals surface area contributed by atoms with E-state index in [2.05, 4.69) is 10.5 Å². The van der Waals surface area contributed by atoms with Crippen LogP contribution in [0, 0.1) is 11.8 Å². The summed E-state index contributed by atoms with van der Waals surface area (Å²) in [6.45, 7) is 2.22. The van der Waals surface area contributed by atoms with E-state index >= 15 is 0 Å². The molecule has 26 heavy (non-hydrogen) atoms. The second-order valence-electron chi connectivity index (χ2n) is 8.32. The summed E-state index contributed by atoms with van der Waals surface area (Å²) in [6.07, 6.45) is 8.94. The number of amides is 2. The van der Waals surface area contributed by atoms with Gasteiger partial charge in [-0.15, -0.1) is 0 Å². The van der Waals surface area contributed by atoms with Crippen molar-refractivity contribution in [2.24, 2.45) is 11.8 Å². The average Bonchev–Trinajstić information content (AvgIpc) is 3.53. The molecule has 6 heteroatoms. The number of nitrogens with one attached hydrogen (secondary N) is 1. The number of likely N-dealkylation sites (tertiary alicyclic amines) is 1. The first-order valence-corrected chi connectivity index (χ1v) is 10.2. The van der Waals surface area contributed by atoms with E-state index in [0.29, 0.717) is 37.1 Å². The molecule has 4 rings (SSSR count). The van der Waals surface area contributed by atoms with Gasteiger partial charge in [0.25, 0.3) is 0 Å². The third kappa shape index (κ3) is 4.86. The Bertz CT molecular complexity index is 648. The molecule has 2 amide bonds. The van der Waals surface area contributed by atoms with Crippen LogP contribution in [0.5, 0.6) is 0 Å². The molecule has 142 valence electrons. The van der Waals surface area contributed by atoms with E-state index < -0.39 is 0 Å². The van der Waals surface area contributed by atoms with Crippen LogP contribution in [0.3, 0.4) is 0 Å². The van der Waals surface area contributed by atoms with Crippen LogP contribution in [-0.4, -0.2) is 41.5 Å². The highest BCUT2D eigenvalue weighted by atomic mass is 16.5. The molecule has 2 heterocycles. The molecule has 1 aliphatic heterocycles. The Hall–Kier alpha value is -1.85. The Morgan fingerprint density at radius 1 is 1.15 bits per heavy atom. The van der Waals surface area contributed by atoms with E-state index in [1.807, 2.05) is 11.0 Å². The minimum absolute atomic E-state index is 0.122. The van der Waals surface area contributed by atoms with Crippen molar-refractivity contribution in [2.45, 2.75) is 63.7 Å². The molecule has 3 fully saturated rings. The molecule has 0 aromatic carbocycles. The lowest BCUT2D eigenvalue weighted by Gasteiger charge is -2.24. The summed E-state index contributed by atoms with van der Waals surface area (Å²) in [5.41, 5.74) is 0.746. The zero-order valence-electron chi connectivity index (χ0n) is 15.4. The van der Waals surface area contributed by atoms with Crippen LogP contribution >= 0.6 is 0 Å². The summed E-state index contributed by atoms with van der Waals surface area (Å²) in [5, 5.41) is 7.15. The van der Waals surface area contributed by atoms with E-state index in [0.717, 1.165) is 43.8 Å². The fraction of sp³-hybridized carbons (Fsp3) is 0.750. The summed E-state index contributed by atoms with van der Waals surface area (Å²) in [7, 11) is 0. The maximum Gasteiger partial charge on any atom is 0.228 e. The molecule has 1 aromatic rings. The van der Waals surface area contributed by atoms with Gasteiger partial charge in [0.1, 0.15) is 5.76 Å². The van der Waals surface area contributed by atoms with Crippen LogP contribution in [0.25, 0.3) is 0 Å². The number of carbonyl (C=O) groups excluding carboxylic acids is 2. The predicted molar refractivity (Wildman–Crippen MR) is 96.5 cm³/mol. The van der Waals surface area contributed by atoms with Crippen molar-refractivity contribution in [3.63, 3.8) is 0 Å². The molecule has 1 unspecified atom stereocenters. The lowest BCUT2D eigenvalue weighted by atomic mass is 10.0. The molecular formula is C20H29N3O3. The van der Waals surface area contributed by atoms with Crippen molar-refractivity contribution in [1.29, 1.82) is 0 Å². The van der Waals surface area contributed by atoms with Crippen molar-refractivity contribution >= 4 is 11.8 Å². The molecular weight excluding hydrogens is 330 g/mol. The van der Waals surface area contributed by atoms with Gasteiger partial charge in [-0.1, -0.05) is 11.6 Å². The van der Waals surface area contributed by atoms with Crippen LogP contribution < -0.4 is 5.32 Å². The molecule has 2 saturated carbocycles. The zero-order valence-corrected chi connectivity index (χ0v) is 15.4. The second-order valence-corrected chi connectivity index (χ2v) is 8.32. The smallest absolute Gasteiger partial charge is 0.228 e. The first-order chi connectivity index (χ1) is 12.7.